The van der Waals surface area contributed by atoms with Crippen molar-refractivity contribution in [3.05, 3.63) is 0 Å². The highest BCUT2D eigenvalue weighted by Crippen LogP contribution is 2.22. The molecular weight excluding hydrogens is 340 g/mol. The van der Waals surface area contributed by atoms with Crippen molar-refractivity contribution >= 4 is 23.9 Å². The van der Waals surface area contributed by atoms with Crippen LogP contribution >= 0.6 is 0 Å². The highest BCUT2D eigenvalue weighted by Gasteiger charge is 2.43. The standard InChI is InChI=1S/C15H24O10/c1-7(6-22-8(2)16)12(23-9(3)17)13(24-10(4)18)14(15(20)21)25-11(5)19/h7,12-15,20-21H,6H2,1-5H3/t7?,12-,13?,14?/m1/s1. The summed E-state index contributed by atoms with van der Waals surface area (Å²) in [5.41, 5.74) is 0. The first-order valence-corrected chi connectivity index (χ1v) is 7.46. The number of hydrogen-bond acceptors (Lipinski definition) is 10. The fourth-order valence-corrected chi connectivity index (χ4v) is 2.04. The maximum Gasteiger partial charge on any atom is 0.303 e. The first kappa shape index (κ1) is 22.8. The zero-order valence-corrected chi connectivity index (χ0v) is 14.8. The molecule has 0 rings (SSSR count). The molecule has 0 heterocycles. The van der Waals surface area contributed by atoms with Gasteiger partial charge in [-0.3, -0.25) is 19.2 Å². The van der Waals surface area contributed by atoms with Crippen molar-refractivity contribution in [2.24, 2.45) is 5.92 Å². The van der Waals surface area contributed by atoms with Crippen LogP contribution in [0.25, 0.3) is 0 Å². The molecule has 0 spiro atoms. The van der Waals surface area contributed by atoms with E-state index in [0.29, 0.717) is 0 Å². The van der Waals surface area contributed by atoms with Gasteiger partial charge in [0.2, 0.25) is 0 Å². The van der Waals surface area contributed by atoms with E-state index in [-0.39, 0.29) is 6.61 Å². The SMILES string of the molecule is CC(=O)OCC(C)[C@@H](OC(C)=O)C(OC(C)=O)C(OC(C)=O)C(O)O. The van der Waals surface area contributed by atoms with Crippen LogP contribution in [0.15, 0.2) is 0 Å². The summed E-state index contributed by atoms with van der Waals surface area (Å²) in [4.78, 5) is 45.0. The zero-order valence-electron chi connectivity index (χ0n) is 14.8. The fraction of sp³-hybridized carbons (Fsp3) is 0.733. The number of aliphatic hydroxyl groups excluding tert-OH is 1. The van der Waals surface area contributed by atoms with Crippen LogP contribution in [0, 0.1) is 5.92 Å². The number of carbonyl (C=O) groups is 4. The number of hydrogen-bond donors (Lipinski definition) is 2. The lowest BCUT2D eigenvalue weighted by Gasteiger charge is -2.35. The maximum absolute atomic E-state index is 11.4. The lowest BCUT2D eigenvalue weighted by atomic mass is 9.95. The van der Waals surface area contributed by atoms with E-state index in [0.717, 1.165) is 20.8 Å². The molecule has 0 radical (unpaired) electrons. The van der Waals surface area contributed by atoms with E-state index in [4.69, 9.17) is 18.9 Å². The van der Waals surface area contributed by atoms with E-state index >= 15 is 0 Å². The number of rotatable bonds is 9. The van der Waals surface area contributed by atoms with Gasteiger partial charge in [0.15, 0.2) is 18.5 Å². The monoisotopic (exact) mass is 364 g/mol. The number of aliphatic hydroxyl groups is 2. The molecule has 0 fully saturated rings. The minimum atomic E-state index is -2.22. The normalized spacial score (nSPS) is 15.5. The van der Waals surface area contributed by atoms with Crippen molar-refractivity contribution in [3.63, 3.8) is 0 Å². The van der Waals surface area contributed by atoms with Gasteiger partial charge in [0, 0.05) is 33.6 Å². The van der Waals surface area contributed by atoms with E-state index in [1.807, 2.05) is 0 Å². The molecule has 144 valence electrons. The summed E-state index contributed by atoms with van der Waals surface area (Å²) >= 11 is 0. The third kappa shape index (κ3) is 9.01. The molecule has 10 heteroatoms. The second kappa shape index (κ2) is 10.6. The smallest absolute Gasteiger partial charge is 0.303 e. The lowest BCUT2D eigenvalue weighted by Crippen LogP contribution is -2.53. The van der Waals surface area contributed by atoms with Crippen LogP contribution in [-0.4, -0.2) is 65.3 Å². The van der Waals surface area contributed by atoms with Gasteiger partial charge in [-0.05, 0) is 0 Å². The maximum atomic E-state index is 11.4. The molecule has 0 bridgehead atoms. The molecule has 10 nitrogen and oxygen atoms in total. The number of esters is 4. The van der Waals surface area contributed by atoms with Gasteiger partial charge in [0.1, 0.15) is 6.10 Å². The Balaban J connectivity index is 5.70. The average molecular weight is 364 g/mol. The Morgan fingerprint density at radius 2 is 1.12 bits per heavy atom. The van der Waals surface area contributed by atoms with E-state index in [2.05, 4.69) is 0 Å². The Hall–Kier alpha value is -2.20. The quantitative estimate of drug-likeness (QED) is 0.305. The van der Waals surface area contributed by atoms with Crippen LogP contribution in [0.4, 0.5) is 0 Å². The highest BCUT2D eigenvalue weighted by molar-refractivity contribution is 5.68. The van der Waals surface area contributed by atoms with E-state index in [9.17, 15) is 29.4 Å². The van der Waals surface area contributed by atoms with E-state index < -0.39 is 54.4 Å². The van der Waals surface area contributed by atoms with Gasteiger partial charge in [-0.2, -0.15) is 0 Å². The molecule has 0 aromatic carbocycles. The summed E-state index contributed by atoms with van der Waals surface area (Å²) in [5, 5.41) is 19.0. The second-order valence-corrected chi connectivity index (χ2v) is 5.42. The van der Waals surface area contributed by atoms with Crippen LogP contribution < -0.4 is 0 Å². The Kier molecular flexibility index (Phi) is 9.69. The molecule has 0 saturated carbocycles. The van der Waals surface area contributed by atoms with Crippen molar-refractivity contribution < 1.29 is 48.3 Å². The lowest BCUT2D eigenvalue weighted by molar-refractivity contribution is -0.221. The molecule has 2 N–H and O–H groups in total. The topological polar surface area (TPSA) is 146 Å². The highest BCUT2D eigenvalue weighted by atomic mass is 16.6. The van der Waals surface area contributed by atoms with E-state index in [1.54, 1.807) is 0 Å². The summed E-state index contributed by atoms with van der Waals surface area (Å²) in [7, 11) is 0. The van der Waals surface area contributed by atoms with Crippen molar-refractivity contribution in [3.8, 4) is 0 Å². The second-order valence-electron chi connectivity index (χ2n) is 5.42. The number of carbonyl (C=O) groups excluding carboxylic acids is 4. The minimum absolute atomic E-state index is 0.209. The van der Waals surface area contributed by atoms with Crippen LogP contribution in [0.1, 0.15) is 34.6 Å². The summed E-state index contributed by atoms with van der Waals surface area (Å²) in [6.07, 6.45) is -6.74. The first-order valence-electron chi connectivity index (χ1n) is 7.46. The van der Waals surface area contributed by atoms with Gasteiger partial charge in [-0.15, -0.1) is 0 Å². The molecule has 0 amide bonds. The third-order valence-corrected chi connectivity index (χ3v) is 2.96. The van der Waals surface area contributed by atoms with Crippen molar-refractivity contribution in [2.45, 2.75) is 59.2 Å². The molecule has 3 unspecified atom stereocenters. The summed E-state index contributed by atoms with van der Waals surface area (Å²) in [6, 6.07) is 0. The van der Waals surface area contributed by atoms with Crippen molar-refractivity contribution in [1.82, 2.24) is 0 Å². The predicted molar refractivity (Wildman–Crippen MR) is 80.7 cm³/mol. The van der Waals surface area contributed by atoms with Crippen molar-refractivity contribution in [1.29, 1.82) is 0 Å². The third-order valence-electron chi connectivity index (χ3n) is 2.96. The molecule has 0 saturated heterocycles. The molecule has 0 aliphatic rings. The van der Waals surface area contributed by atoms with Gasteiger partial charge in [0.25, 0.3) is 0 Å². The summed E-state index contributed by atoms with van der Waals surface area (Å²) in [6.45, 7) is 5.64. The molecule has 0 aliphatic carbocycles. The Bertz CT molecular complexity index is 487. The molecule has 0 aromatic heterocycles. The first-order chi connectivity index (χ1) is 11.5. The molecular formula is C15H24O10. The van der Waals surface area contributed by atoms with Crippen LogP contribution in [-0.2, 0) is 38.1 Å². The van der Waals surface area contributed by atoms with Crippen LogP contribution in [0.5, 0.6) is 0 Å². The summed E-state index contributed by atoms with van der Waals surface area (Å²) < 4.78 is 19.7. The van der Waals surface area contributed by atoms with Gasteiger partial charge in [-0.1, -0.05) is 6.92 Å². The van der Waals surface area contributed by atoms with Gasteiger partial charge < -0.3 is 29.2 Å². The largest absolute Gasteiger partial charge is 0.465 e. The van der Waals surface area contributed by atoms with E-state index in [1.165, 1.54) is 13.8 Å². The van der Waals surface area contributed by atoms with Gasteiger partial charge in [0.05, 0.1) is 6.61 Å². The average Bonchev–Trinajstić information content (AvgIpc) is 2.45. The van der Waals surface area contributed by atoms with Gasteiger partial charge >= 0.3 is 23.9 Å². The number of ether oxygens (including phenoxy) is 4. The summed E-state index contributed by atoms with van der Waals surface area (Å²) in [5.74, 6) is -3.76. The Morgan fingerprint density at radius 1 is 0.720 bits per heavy atom. The fourth-order valence-electron chi connectivity index (χ4n) is 2.04. The van der Waals surface area contributed by atoms with Crippen molar-refractivity contribution in [2.75, 3.05) is 6.61 Å². The Morgan fingerprint density at radius 3 is 1.48 bits per heavy atom. The molecule has 0 aromatic rings. The van der Waals surface area contributed by atoms with Crippen LogP contribution in [0.3, 0.4) is 0 Å². The minimum Gasteiger partial charge on any atom is -0.465 e. The molecule has 25 heavy (non-hydrogen) atoms. The van der Waals surface area contributed by atoms with Crippen LogP contribution in [0.2, 0.25) is 0 Å². The molecule has 4 atom stereocenters. The predicted octanol–water partition coefficient (Wildman–Crippen LogP) is -0.709. The molecule has 0 aliphatic heterocycles. The van der Waals surface area contributed by atoms with Gasteiger partial charge in [-0.25, -0.2) is 0 Å². The Labute approximate surface area is 145 Å². The zero-order chi connectivity index (χ0) is 19.7.